The first-order valence-electron chi connectivity index (χ1n) is 12.4. The number of unbranched alkanes of at least 4 members (excludes halogenated alkanes) is 2. The minimum atomic E-state index is -3.43. The van der Waals surface area contributed by atoms with Crippen LogP contribution in [-0.2, 0) is 12.8 Å². The van der Waals surface area contributed by atoms with Gasteiger partial charge in [0, 0.05) is 0 Å². The summed E-state index contributed by atoms with van der Waals surface area (Å²) in [6.07, 6.45) is 6.83. The van der Waals surface area contributed by atoms with Crippen molar-refractivity contribution in [2.75, 3.05) is 0 Å². The van der Waals surface area contributed by atoms with Crippen LogP contribution >= 0.6 is 0 Å². The molecule has 0 radical (unpaired) electrons. The zero-order valence-electron chi connectivity index (χ0n) is 21.3. The number of aryl methyl sites for hydroxylation is 2. The molecule has 0 aliphatic carbocycles. The van der Waals surface area contributed by atoms with Gasteiger partial charge in [-0.05, 0) is 0 Å². The third-order valence-electron chi connectivity index (χ3n) is 6.88. The molecule has 2 aromatic carbocycles. The van der Waals surface area contributed by atoms with Crippen molar-refractivity contribution in [3.05, 3.63) is 57.6 Å². The first-order chi connectivity index (χ1) is 14.8. The summed E-state index contributed by atoms with van der Waals surface area (Å²) in [5.41, 5.74) is 8.12. The van der Waals surface area contributed by atoms with E-state index >= 15 is 0 Å². The molecule has 0 N–H and O–H groups in total. The zero-order valence-corrected chi connectivity index (χ0v) is 24.1. The Balaban J connectivity index is 2.50. The van der Waals surface area contributed by atoms with Crippen molar-refractivity contribution >= 4 is 19.2 Å². The van der Waals surface area contributed by atoms with E-state index < -0.39 is 19.2 Å². The van der Waals surface area contributed by atoms with Crippen LogP contribution < -0.4 is 6.15 Å². The molecule has 3 heteroatoms. The van der Waals surface area contributed by atoms with E-state index in [2.05, 4.69) is 79.7 Å². The van der Waals surface area contributed by atoms with Gasteiger partial charge >= 0.3 is 197 Å². The van der Waals surface area contributed by atoms with Crippen LogP contribution in [-0.4, -0.2) is 19.2 Å². The Morgan fingerprint density at radius 3 is 1.29 bits per heavy atom. The van der Waals surface area contributed by atoms with Crippen molar-refractivity contribution in [2.45, 2.75) is 103 Å². The molecule has 0 saturated heterocycles. The Bertz CT molecular complexity index is 785. The van der Waals surface area contributed by atoms with E-state index in [1.54, 1.807) is 0 Å². The number of benzene rings is 2. The molecule has 0 unspecified atom stereocenters. The predicted molar refractivity (Wildman–Crippen MR) is 137 cm³/mol. The van der Waals surface area contributed by atoms with Crippen LogP contribution in [0.25, 0.3) is 0 Å². The summed E-state index contributed by atoms with van der Waals surface area (Å²) in [4.78, 5) is 0. The van der Waals surface area contributed by atoms with Crippen LogP contribution in [0, 0.1) is 27.7 Å². The Kier molecular flexibility index (Phi) is 10.3. The van der Waals surface area contributed by atoms with Crippen molar-refractivity contribution in [3.63, 3.8) is 0 Å². The predicted octanol–water partition coefficient (Wildman–Crippen LogP) is 8.55. The molecule has 0 saturated carbocycles. The van der Waals surface area contributed by atoms with Crippen molar-refractivity contribution in [1.29, 1.82) is 0 Å². The van der Waals surface area contributed by atoms with E-state index in [-0.39, 0.29) is 0 Å². The second kappa shape index (κ2) is 12.2. The number of hydrogen-bond donors (Lipinski definition) is 0. The van der Waals surface area contributed by atoms with Crippen LogP contribution in [0.2, 0.25) is 8.87 Å². The van der Waals surface area contributed by atoms with Crippen LogP contribution in [0.5, 0.6) is 11.5 Å². The third-order valence-corrected chi connectivity index (χ3v) is 16.6. The summed E-state index contributed by atoms with van der Waals surface area (Å²) in [7, 11) is 0. The van der Waals surface area contributed by atoms with Crippen molar-refractivity contribution in [3.8, 4) is 11.5 Å². The molecule has 2 nitrogen and oxygen atoms in total. The first kappa shape index (κ1) is 26.1. The van der Waals surface area contributed by atoms with Gasteiger partial charge in [0.15, 0.2) is 0 Å². The maximum absolute atomic E-state index is 7.06. The van der Waals surface area contributed by atoms with Gasteiger partial charge in [0.05, 0.1) is 0 Å². The van der Waals surface area contributed by atoms with E-state index in [1.165, 1.54) is 59.1 Å². The monoisotopic (exact) mass is 532 g/mol. The van der Waals surface area contributed by atoms with Gasteiger partial charge in [-0.2, -0.15) is 0 Å². The summed E-state index contributed by atoms with van der Waals surface area (Å²) in [6.45, 7) is 17.9. The number of hydrogen-bond acceptors (Lipinski definition) is 2. The number of rotatable bonds is 12. The standard InChI is InChI=1S/2C10H14O.2C4H9.Sn/c2*1-4-9-5-6-10(11)8(3)7(9)2;2*1-3-4-2;/h2*5-6,11H,4H2,1-3H3;2*1,3-4H2,2H3;/q;;;;+2/p-2. The molecular weight excluding hydrogens is 487 g/mol. The SMILES string of the molecule is CCC[CH2][Sn]([CH2]CCC)([O]c1ccc(CC)c(C)c1C)[O]c1ccc(CC)c(C)c1C. The molecule has 2 aromatic rings. The topological polar surface area (TPSA) is 18.5 Å². The summed E-state index contributed by atoms with van der Waals surface area (Å²) in [5, 5.41) is 0. The quantitative estimate of drug-likeness (QED) is 0.256. The maximum atomic E-state index is 7.06. The van der Waals surface area contributed by atoms with Gasteiger partial charge in [-0.15, -0.1) is 0 Å². The Labute approximate surface area is 196 Å². The van der Waals surface area contributed by atoms with Crippen molar-refractivity contribution < 1.29 is 6.15 Å². The molecule has 0 bridgehead atoms. The van der Waals surface area contributed by atoms with Gasteiger partial charge in [0.25, 0.3) is 0 Å². The van der Waals surface area contributed by atoms with Gasteiger partial charge in [-0.3, -0.25) is 0 Å². The second-order valence-electron chi connectivity index (χ2n) is 8.97. The van der Waals surface area contributed by atoms with Crippen molar-refractivity contribution in [1.82, 2.24) is 0 Å². The minimum absolute atomic E-state index is 1.05. The summed E-state index contributed by atoms with van der Waals surface area (Å²) < 4.78 is 16.3. The van der Waals surface area contributed by atoms with Crippen LogP contribution in [0.1, 0.15) is 86.8 Å². The molecule has 0 amide bonds. The normalized spacial score (nSPS) is 11.6. The fourth-order valence-electron chi connectivity index (χ4n) is 4.33. The first-order valence-corrected chi connectivity index (χ1v) is 18.7. The van der Waals surface area contributed by atoms with Crippen LogP contribution in [0.4, 0.5) is 0 Å². The van der Waals surface area contributed by atoms with E-state index in [0.29, 0.717) is 0 Å². The fourth-order valence-corrected chi connectivity index (χ4v) is 15.0. The van der Waals surface area contributed by atoms with Gasteiger partial charge in [0.2, 0.25) is 0 Å². The van der Waals surface area contributed by atoms with Gasteiger partial charge in [-0.1, -0.05) is 0 Å². The fraction of sp³-hybridized carbons (Fsp3) is 0.571. The van der Waals surface area contributed by atoms with Crippen molar-refractivity contribution in [2.24, 2.45) is 0 Å². The van der Waals surface area contributed by atoms with Gasteiger partial charge < -0.3 is 0 Å². The molecule has 0 atom stereocenters. The van der Waals surface area contributed by atoms with Crippen LogP contribution in [0.3, 0.4) is 0 Å². The van der Waals surface area contributed by atoms with E-state index in [9.17, 15) is 0 Å². The second-order valence-corrected chi connectivity index (χ2v) is 18.2. The molecule has 0 aliphatic rings. The summed E-state index contributed by atoms with van der Waals surface area (Å²) in [6, 6.07) is 8.90. The van der Waals surface area contributed by atoms with E-state index in [1.807, 2.05) is 0 Å². The summed E-state index contributed by atoms with van der Waals surface area (Å²) >= 11 is -3.43. The Morgan fingerprint density at radius 1 is 0.581 bits per heavy atom. The molecule has 0 spiro atoms. The molecule has 0 aromatic heterocycles. The third kappa shape index (κ3) is 6.43. The molecule has 31 heavy (non-hydrogen) atoms. The molecular formula is C28H44O2Sn. The molecule has 0 aliphatic heterocycles. The molecule has 0 heterocycles. The van der Waals surface area contributed by atoms with Crippen LogP contribution in [0.15, 0.2) is 24.3 Å². The Morgan fingerprint density at radius 2 is 0.968 bits per heavy atom. The molecule has 2 rings (SSSR count). The Hall–Kier alpha value is -1.16. The zero-order chi connectivity index (χ0) is 23.0. The van der Waals surface area contributed by atoms with E-state index in [0.717, 1.165) is 33.2 Å². The van der Waals surface area contributed by atoms with E-state index in [4.69, 9.17) is 6.15 Å². The average Bonchev–Trinajstić information content (AvgIpc) is 2.77. The molecule has 172 valence electrons. The average molecular weight is 531 g/mol. The van der Waals surface area contributed by atoms with Gasteiger partial charge in [-0.25, -0.2) is 0 Å². The van der Waals surface area contributed by atoms with Gasteiger partial charge in [0.1, 0.15) is 0 Å². The summed E-state index contributed by atoms with van der Waals surface area (Å²) in [5.74, 6) is 2.11. The molecule has 0 fully saturated rings.